The van der Waals surface area contributed by atoms with Crippen molar-refractivity contribution in [2.45, 2.75) is 38.0 Å². The number of hydrogen-bond acceptors (Lipinski definition) is 6. The summed E-state index contributed by atoms with van der Waals surface area (Å²) >= 11 is 7.76. The summed E-state index contributed by atoms with van der Waals surface area (Å²) in [6.45, 7) is 3.79. The van der Waals surface area contributed by atoms with Crippen LogP contribution < -0.4 is 5.32 Å². The maximum absolute atomic E-state index is 9.31. The molecule has 0 aliphatic heterocycles. The first-order chi connectivity index (χ1) is 12.5. The minimum atomic E-state index is -0.537. The van der Waals surface area contributed by atoms with E-state index < -0.39 is 5.41 Å². The highest BCUT2D eigenvalue weighted by atomic mass is 35.5. The maximum atomic E-state index is 9.31. The lowest BCUT2D eigenvalue weighted by Gasteiger charge is -2.11. The molecule has 3 aromatic heterocycles. The highest BCUT2D eigenvalue weighted by Gasteiger charge is 2.26. The molecule has 0 aromatic carbocycles. The second kappa shape index (κ2) is 6.38. The van der Waals surface area contributed by atoms with Crippen molar-refractivity contribution in [3.8, 4) is 16.8 Å². The van der Waals surface area contributed by atoms with Crippen LogP contribution in [0.15, 0.2) is 24.4 Å². The van der Waals surface area contributed by atoms with Gasteiger partial charge >= 0.3 is 0 Å². The molecular weight excluding hydrogens is 368 g/mol. The fourth-order valence-electron chi connectivity index (χ4n) is 2.55. The van der Waals surface area contributed by atoms with Gasteiger partial charge in [0.25, 0.3) is 0 Å². The molecule has 1 aliphatic rings. The van der Waals surface area contributed by atoms with Gasteiger partial charge in [0.2, 0.25) is 0 Å². The number of thiophene rings is 1. The van der Waals surface area contributed by atoms with E-state index in [0.29, 0.717) is 28.4 Å². The van der Waals surface area contributed by atoms with Gasteiger partial charge < -0.3 is 5.32 Å². The second-order valence-corrected chi connectivity index (χ2v) is 8.39. The number of nitriles is 1. The molecule has 2 N–H and O–H groups in total. The largest absolute Gasteiger partial charge is 0.322 e. The summed E-state index contributed by atoms with van der Waals surface area (Å²) in [7, 11) is 0. The topological polar surface area (TPSA) is 90.3 Å². The summed E-state index contributed by atoms with van der Waals surface area (Å²) in [5, 5.41) is 20.2. The van der Waals surface area contributed by atoms with E-state index in [4.69, 9.17) is 11.6 Å². The van der Waals surface area contributed by atoms with E-state index >= 15 is 0 Å². The molecule has 0 bridgehead atoms. The number of hydrogen-bond donors (Lipinski definition) is 2. The van der Waals surface area contributed by atoms with Gasteiger partial charge in [0, 0.05) is 22.6 Å². The average Bonchev–Trinajstić information content (AvgIpc) is 3.16. The van der Waals surface area contributed by atoms with Gasteiger partial charge in [0.1, 0.15) is 5.02 Å². The predicted molar refractivity (Wildman–Crippen MR) is 103 cm³/mol. The number of nitrogens with one attached hydrogen (secondary N) is 2. The monoisotopic (exact) mass is 384 g/mol. The standard InChI is InChI=1S/C18H17ClN6S/c1-18(2,9-20)14-6-5-13(26-14)17-21-8-11(19)16(23-17)22-15-7-12(24-25-15)10-3-4-10/h5-8,10H,3-4H2,1-2H3,(H2,21,22,23,24,25). The number of rotatable bonds is 5. The predicted octanol–water partition coefficient (Wildman–Crippen LogP) is 5.00. The van der Waals surface area contributed by atoms with Crippen LogP contribution in [-0.4, -0.2) is 20.2 Å². The highest BCUT2D eigenvalue weighted by molar-refractivity contribution is 7.15. The van der Waals surface area contributed by atoms with Crippen LogP contribution in [0.3, 0.4) is 0 Å². The maximum Gasteiger partial charge on any atom is 0.171 e. The zero-order chi connectivity index (χ0) is 18.3. The Morgan fingerprint density at radius 2 is 2.19 bits per heavy atom. The molecule has 0 amide bonds. The Bertz CT molecular complexity index is 995. The highest BCUT2D eigenvalue weighted by Crippen LogP contribution is 2.40. The van der Waals surface area contributed by atoms with Gasteiger partial charge in [-0.25, -0.2) is 9.97 Å². The minimum absolute atomic E-state index is 0.429. The zero-order valence-electron chi connectivity index (χ0n) is 14.4. The lowest BCUT2D eigenvalue weighted by molar-refractivity contribution is 0.703. The van der Waals surface area contributed by atoms with Crippen LogP contribution in [-0.2, 0) is 5.41 Å². The lowest BCUT2D eigenvalue weighted by atomic mass is 9.94. The fourth-order valence-corrected chi connectivity index (χ4v) is 3.69. The molecule has 132 valence electrons. The molecular formula is C18H17ClN6S. The van der Waals surface area contributed by atoms with Crippen molar-refractivity contribution in [3.63, 3.8) is 0 Å². The normalized spacial score (nSPS) is 14.2. The van der Waals surface area contributed by atoms with Crippen molar-refractivity contribution in [2.24, 2.45) is 0 Å². The third-order valence-electron chi connectivity index (χ3n) is 4.33. The van der Waals surface area contributed by atoms with Crippen molar-refractivity contribution >= 4 is 34.6 Å². The molecule has 6 nitrogen and oxygen atoms in total. The summed E-state index contributed by atoms with van der Waals surface area (Å²) in [5.41, 5.74) is 0.601. The van der Waals surface area contributed by atoms with Gasteiger partial charge in [-0.05, 0) is 38.8 Å². The Morgan fingerprint density at radius 3 is 2.92 bits per heavy atom. The molecule has 26 heavy (non-hydrogen) atoms. The van der Waals surface area contributed by atoms with E-state index in [0.717, 1.165) is 15.4 Å². The molecule has 1 aliphatic carbocycles. The van der Waals surface area contributed by atoms with Gasteiger partial charge in [0.05, 0.1) is 22.6 Å². The van der Waals surface area contributed by atoms with Crippen molar-refractivity contribution in [2.75, 3.05) is 5.32 Å². The summed E-state index contributed by atoms with van der Waals surface area (Å²) in [4.78, 5) is 10.7. The van der Waals surface area contributed by atoms with Gasteiger partial charge in [-0.1, -0.05) is 11.6 Å². The van der Waals surface area contributed by atoms with E-state index in [1.807, 2.05) is 32.0 Å². The molecule has 4 rings (SSSR count). The Kier molecular flexibility index (Phi) is 4.17. The third-order valence-corrected chi connectivity index (χ3v) is 6.01. The minimum Gasteiger partial charge on any atom is -0.322 e. The molecule has 3 heterocycles. The van der Waals surface area contributed by atoms with Crippen molar-refractivity contribution < 1.29 is 0 Å². The van der Waals surface area contributed by atoms with Gasteiger partial charge in [-0.3, -0.25) is 5.10 Å². The van der Waals surface area contributed by atoms with Gasteiger partial charge in [-0.15, -0.1) is 11.3 Å². The lowest BCUT2D eigenvalue weighted by Crippen LogP contribution is -2.10. The van der Waals surface area contributed by atoms with Crippen LogP contribution in [0, 0.1) is 11.3 Å². The number of aromatic amines is 1. The molecule has 0 unspecified atom stereocenters. The first-order valence-electron chi connectivity index (χ1n) is 8.33. The average molecular weight is 385 g/mol. The molecule has 8 heteroatoms. The van der Waals surface area contributed by atoms with Crippen LogP contribution >= 0.6 is 22.9 Å². The Balaban J connectivity index is 1.60. The van der Waals surface area contributed by atoms with Crippen LogP contribution in [0.5, 0.6) is 0 Å². The molecule has 1 fully saturated rings. The van der Waals surface area contributed by atoms with Crippen molar-refractivity contribution in [1.82, 2.24) is 20.2 Å². The number of halogens is 1. The Hall–Kier alpha value is -2.43. The van der Waals surface area contributed by atoms with Crippen LogP contribution in [0.1, 0.15) is 43.2 Å². The summed E-state index contributed by atoms with van der Waals surface area (Å²) in [5.74, 6) is 2.37. The van der Waals surface area contributed by atoms with Crippen LogP contribution in [0.2, 0.25) is 5.02 Å². The van der Waals surface area contributed by atoms with E-state index in [9.17, 15) is 5.26 Å². The Labute approximate surface area is 160 Å². The first-order valence-corrected chi connectivity index (χ1v) is 9.52. The quantitative estimate of drug-likeness (QED) is 0.645. The second-order valence-electron chi connectivity index (χ2n) is 6.90. The molecule has 0 spiro atoms. The molecule has 0 saturated heterocycles. The van der Waals surface area contributed by atoms with Gasteiger partial charge in [0.15, 0.2) is 17.5 Å². The number of aromatic nitrogens is 4. The number of nitrogens with zero attached hydrogens (tertiary/aromatic N) is 4. The molecule has 0 radical (unpaired) electrons. The number of H-pyrrole nitrogens is 1. The van der Waals surface area contributed by atoms with Crippen molar-refractivity contribution in [3.05, 3.63) is 40.0 Å². The van der Waals surface area contributed by atoms with E-state index in [1.54, 1.807) is 6.20 Å². The van der Waals surface area contributed by atoms with Gasteiger partial charge in [-0.2, -0.15) is 10.4 Å². The van der Waals surface area contributed by atoms with Crippen LogP contribution in [0.4, 0.5) is 11.6 Å². The van der Waals surface area contributed by atoms with E-state index in [-0.39, 0.29) is 0 Å². The summed E-state index contributed by atoms with van der Waals surface area (Å²) < 4.78 is 0. The SMILES string of the molecule is CC(C)(C#N)c1ccc(-c2ncc(Cl)c(Nc3cc(C4CC4)[nH]n3)n2)s1. The summed E-state index contributed by atoms with van der Waals surface area (Å²) in [6, 6.07) is 8.20. The Morgan fingerprint density at radius 1 is 1.38 bits per heavy atom. The molecule has 1 saturated carbocycles. The molecule has 3 aromatic rings. The smallest absolute Gasteiger partial charge is 0.171 e. The number of anilines is 2. The van der Waals surface area contributed by atoms with E-state index in [2.05, 4.69) is 31.6 Å². The van der Waals surface area contributed by atoms with Crippen LogP contribution in [0.25, 0.3) is 10.7 Å². The molecule has 0 atom stereocenters. The fraction of sp³-hybridized carbons (Fsp3) is 0.333. The third kappa shape index (κ3) is 3.30. The zero-order valence-corrected chi connectivity index (χ0v) is 15.9. The first kappa shape index (κ1) is 17.0. The van der Waals surface area contributed by atoms with Crippen molar-refractivity contribution in [1.29, 1.82) is 5.26 Å². The summed E-state index contributed by atoms with van der Waals surface area (Å²) in [6.07, 6.45) is 4.00. The van der Waals surface area contributed by atoms with E-state index in [1.165, 1.54) is 24.2 Å².